The summed E-state index contributed by atoms with van der Waals surface area (Å²) in [6.45, 7) is 12.5. The summed E-state index contributed by atoms with van der Waals surface area (Å²) in [6.07, 6.45) is -1.55. The minimum atomic E-state index is -0.775. The van der Waals surface area contributed by atoms with Crippen molar-refractivity contribution in [1.29, 1.82) is 0 Å². The summed E-state index contributed by atoms with van der Waals surface area (Å²) in [7, 11) is 0. The van der Waals surface area contributed by atoms with Gasteiger partial charge in [0.2, 0.25) is 0 Å². The molecule has 0 saturated carbocycles. The highest BCUT2D eigenvalue weighted by molar-refractivity contribution is 6.26. The van der Waals surface area contributed by atoms with E-state index >= 15 is 0 Å². The van der Waals surface area contributed by atoms with Crippen LogP contribution in [0.4, 0.5) is 0 Å². The molecule has 3 rings (SSSR count). The maximum atomic E-state index is 12.1. The van der Waals surface area contributed by atoms with Crippen LogP contribution in [0.2, 0.25) is 0 Å². The fourth-order valence-corrected chi connectivity index (χ4v) is 4.05. The molecule has 2 aromatic rings. The molecular weight excluding hydrogens is 559 g/mol. The third kappa shape index (κ3) is 8.83. The molecule has 0 bridgehead atoms. The number of alkyl halides is 2. The van der Waals surface area contributed by atoms with E-state index in [4.69, 9.17) is 51.6 Å². The molecule has 1 aliphatic heterocycles. The van der Waals surface area contributed by atoms with Gasteiger partial charge in [0, 0.05) is 5.56 Å². The zero-order chi connectivity index (χ0) is 29.5. The summed E-state index contributed by atoms with van der Waals surface area (Å²) >= 11 is 11.4. The van der Waals surface area contributed by atoms with Crippen molar-refractivity contribution >= 4 is 35.1 Å². The van der Waals surface area contributed by atoms with Crippen LogP contribution in [-0.2, 0) is 29.9 Å². The van der Waals surface area contributed by atoms with E-state index in [9.17, 15) is 9.59 Å². The molecule has 8 nitrogen and oxygen atoms in total. The molecule has 0 radical (unpaired) electrons. The van der Waals surface area contributed by atoms with Gasteiger partial charge in [0.15, 0.2) is 35.2 Å². The Morgan fingerprint density at radius 3 is 1.60 bits per heavy atom. The van der Waals surface area contributed by atoms with Crippen molar-refractivity contribution < 1.29 is 38.0 Å². The summed E-state index contributed by atoms with van der Waals surface area (Å²) in [5, 5.41) is 0. The first kappa shape index (κ1) is 31.7. The standard InChI is InChI=1S/C30H38Cl2O8/c1-29(2,3)19-11-22(30(4,5)6)28-25(12-19)37-17-20(39-26(33)13-31)15-35-23-9-7-8-10-24(23)36-16-21(18-38-28)40-27(34)14-32/h7-12,20-21H,13-18H2,1-6H3. The van der Waals surface area contributed by atoms with E-state index in [1.807, 2.05) is 6.07 Å². The number of hydrogen-bond acceptors (Lipinski definition) is 8. The minimum absolute atomic E-state index is 0.0189. The summed E-state index contributed by atoms with van der Waals surface area (Å²) < 4.78 is 35.7. The maximum absolute atomic E-state index is 12.1. The molecule has 2 unspecified atom stereocenters. The fourth-order valence-electron chi connectivity index (χ4n) is 3.93. The molecule has 0 fully saturated rings. The molecule has 0 saturated heterocycles. The monoisotopic (exact) mass is 596 g/mol. The zero-order valence-electron chi connectivity index (χ0n) is 23.9. The van der Waals surface area contributed by atoms with E-state index in [1.165, 1.54) is 0 Å². The first-order chi connectivity index (χ1) is 18.8. The predicted molar refractivity (Wildman–Crippen MR) is 153 cm³/mol. The number of fused-ring (bicyclic) bond motifs is 2. The predicted octanol–water partition coefficient (Wildman–Crippen LogP) is 5.81. The summed E-state index contributed by atoms with van der Waals surface area (Å²) in [5.41, 5.74) is 1.42. The average molecular weight is 598 g/mol. The molecule has 0 aliphatic carbocycles. The topological polar surface area (TPSA) is 89.5 Å². The Hall–Kier alpha value is -2.84. The number of halogens is 2. The summed E-state index contributed by atoms with van der Waals surface area (Å²) in [4.78, 5) is 24.2. The zero-order valence-corrected chi connectivity index (χ0v) is 25.4. The van der Waals surface area contributed by atoms with Gasteiger partial charge >= 0.3 is 11.9 Å². The third-order valence-corrected chi connectivity index (χ3v) is 6.52. The van der Waals surface area contributed by atoms with Crippen molar-refractivity contribution in [2.75, 3.05) is 38.2 Å². The number of carbonyl (C=O) groups is 2. The average Bonchev–Trinajstić information content (AvgIpc) is 2.90. The van der Waals surface area contributed by atoms with Crippen LogP contribution in [-0.4, -0.2) is 62.3 Å². The number of benzene rings is 2. The highest BCUT2D eigenvalue weighted by atomic mass is 35.5. The number of para-hydroxylation sites is 2. The van der Waals surface area contributed by atoms with E-state index in [1.54, 1.807) is 24.3 Å². The van der Waals surface area contributed by atoms with Crippen molar-refractivity contribution in [2.24, 2.45) is 0 Å². The molecule has 0 N–H and O–H groups in total. The van der Waals surface area contributed by atoms with Crippen LogP contribution in [0.15, 0.2) is 36.4 Å². The van der Waals surface area contributed by atoms with E-state index in [0.29, 0.717) is 23.0 Å². The second-order valence-electron chi connectivity index (χ2n) is 11.5. The highest BCUT2D eigenvalue weighted by Gasteiger charge is 2.29. The Morgan fingerprint density at radius 2 is 1.18 bits per heavy atom. The molecule has 0 amide bonds. The lowest BCUT2D eigenvalue weighted by molar-refractivity contribution is -0.150. The van der Waals surface area contributed by atoms with Crippen molar-refractivity contribution in [3.8, 4) is 23.0 Å². The van der Waals surface area contributed by atoms with Crippen molar-refractivity contribution in [3.63, 3.8) is 0 Å². The van der Waals surface area contributed by atoms with Crippen LogP contribution >= 0.6 is 23.2 Å². The Morgan fingerprint density at radius 1 is 0.725 bits per heavy atom. The van der Waals surface area contributed by atoms with Crippen LogP contribution in [0.5, 0.6) is 23.0 Å². The molecule has 2 atom stereocenters. The lowest BCUT2D eigenvalue weighted by Crippen LogP contribution is -2.34. The van der Waals surface area contributed by atoms with Gasteiger partial charge in [-0.25, -0.2) is 0 Å². The minimum Gasteiger partial charge on any atom is -0.486 e. The van der Waals surface area contributed by atoms with Crippen LogP contribution < -0.4 is 18.9 Å². The van der Waals surface area contributed by atoms with Crippen LogP contribution in [0.25, 0.3) is 0 Å². The van der Waals surface area contributed by atoms with Gasteiger partial charge in [0.25, 0.3) is 0 Å². The molecule has 220 valence electrons. The number of hydrogen-bond donors (Lipinski definition) is 0. The first-order valence-electron chi connectivity index (χ1n) is 13.1. The van der Waals surface area contributed by atoms with Crippen LogP contribution in [0, 0.1) is 0 Å². The Bertz CT molecular complexity index is 1170. The van der Waals surface area contributed by atoms with Crippen LogP contribution in [0.1, 0.15) is 52.7 Å². The maximum Gasteiger partial charge on any atom is 0.321 e. The van der Waals surface area contributed by atoms with E-state index < -0.39 is 24.1 Å². The van der Waals surface area contributed by atoms with Gasteiger partial charge < -0.3 is 28.4 Å². The molecule has 1 aliphatic rings. The number of rotatable bonds is 4. The quantitative estimate of drug-likeness (QED) is 0.322. The SMILES string of the molecule is CC(C)(C)c1cc2c(c(C(C)(C)C)c1)OCC(OC(=O)CCl)COc1ccccc1OCC(OC(=O)CCl)CO2. The van der Waals surface area contributed by atoms with Gasteiger partial charge in [-0.15, -0.1) is 23.2 Å². The summed E-state index contributed by atoms with van der Waals surface area (Å²) in [6, 6.07) is 11.0. The first-order valence-corrected chi connectivity index (χ1v) is 14.2. The van der Waals surface area contributed by atoms with Gasteiger partial charge in [0.1, 0.15) is 38.2 Å². The lowest BCUT2D eigenvalue weighted by Gasteiger charge is -2.30. The van der Waals surface area contributed by atoms with Gasteiger partial charge in [-0.05, 0) is 34.6 Å². The number of carbonyl (C=O) groups excluding carboxylic acids is 2. The molecular formula is C30H38Cl2O8. The van der Waals surface area contributed by atoms with E-state index in [2.05, 4.69) is 47.6 Å². The highest BCUT2D eigenvalue weighted by Crippen LogP contribution is 2.43. The lowest BCUT2D eigenvalue weighted by atomic mass is 9.80. The summed E-state index contributed by atoms with van der Waals surface area (Å²) in [5.74, 6) is -0.00646. The number of ether oxygens (including phenoxy) is 6. The fraction of sp³-hybridized carbons (Fsp3) is 0.533. The van der Waals surface area contributed by atoms with E-state index in [-0.39, 0.29) is 49.0 Å². The molecule has 1 heterocycles. The van der Waals surface area contributed by atoms with Gasteiger partial charge in [-0.2, -0.15) is 0 Å². The van der Waals surface area contributed by atoms with Gasteiger partial charge in [0.05, 0.1) is 0 Å². The molecule has 0 aromatic heterocycles. The van der Waals surface area contributed by atoms with Crippen molar-refractivity contribution in [1.82, 2.24) is 0 Å². The normalized spacial score (nSPS) is 18.3. The third-order valence-electron chi connectivity index (χ3n) is 6.08. The molecule has 0 spiro atoms. The second kappa shape index (κ2) is 13.7. The second-order valence-corrected chi connectivity index (χ2v) is 12.1. The van der Waals surface area contributed by atoms with Crippen molar-refractivity contribution in [3.05, 3.63) is 47.5 Å². The molecule has 40 heavy (non-hydrogen) atoms. The smallest absolute Gasteiger partial charge is 0.321 e. The van der Waals surface area contributed by atoms with E-state index in [0.717, 1.165) is 11.1 Å². The number of esters is 2. The van der Waals surface area contributed by atoms with Crippen molar-refractivity contribution in [2.45, 2.75) is 64.6 Å². The van der Waals surface area contributed by atoms with Gasteiger partial charge in [-0.1, -0.05) is 59.7 Å². The Balaban J connectivity index is 2.09. The molecule has 2 aromatic carbocycles. The van der Waals surface area contributed by atoms with Crippen LogP contribution in [0.3, 0.4) is 0 Å². The Kier molecular flexibility index (Phi) is 10.8. The molecule has 10 heteroatoms. The largest absolute Gasteiger partial charge is 0.486 e. The van der Waals surface area contributed by atoms with Gasteiger partial charge in [-0.3, -0.25) is 9.59 Å². The Labute approximate surface area is 246 Å².